The van der Waals surface area contributed by atoms with Crippen molar-refractivity contribution in [1.29, 1.82) is 0 Å². The van der Waals surface area contributed by atoms with Gasteiger partial charge in [-0.15, -0.1) is 0 Å². The Morgan fingerprint density at radius 3 is 2.85 bits per heavy atom. The van der Waals surface area contributed by atoms with E-state index in [0.29, 0.717) is 13.0 Å². The van der Waals surface area contributed by atoms with Gasteiger partial charge in [-0.2, -0.15) is 0 Å². The number of rotatable bonds is 2. The van der Waals surface area contributed by atoms with E-state index in [0.717, 1.165) is 0 Å². The zero-order valence-electron chi connectivity index (χ0n) is 7.70. The van der Waals surface area contributed by atoms with Gasteiger partial charge in [-0.05, 0) is 26.2 Å². The average Bonchev–Trinajstić information content (AvgIpc) is 2.10. The topological polar surface area (TPSA) is 46.5 Å². The number of hydrogen-bond donors (Lipinski definition) is 1. The Labute approximate surface area is 76.9 Å². The molecule has 0 unspecified atom stereocenters. The van der Waals surface area contributed by atoms with Crippen LogP contribution in [-0.4, -0.2) is 30.0 Å². The third-order valence-corrected chi connectivity index (χ3v) is 2.35. The van der Waals surface area contributed by atoms with E-state index in [9.17, 15) is 14.3 Å². The quantitative estimate of drug-likeness (QED) is 0.662. The first-order valence-corrected chi connectivity index (χ1v) is 4.64. The lowest BCUT2D eigenvalue weighted by Crippen LogP contribution is -2.34. The summed E-state index contributed by atoms with van der Waals surface area (Å²) in [6.45, 7) is 2.07. The lowest BCUT2D eigenvalue weighted by molar-refractivity contribution is -0.151. The molecule has 0 amide bonds. The molecule has 1 saturated carbocycles. The van der Waals surface area contributed by atoms with Crippen LogP contribution in [0, 0.1) is 5.92 Å². The predicted octanol–water partition coefficient (Wildman–Crippen LogP) is 1.05. The molecule has 0 aliphatic heterocycles. The number of esters is 1. The van der Waals surface area contributed by atoms with Crippen LogP contribution >= 0.6 is 0 Å². The minimum Gasteiger partial charge on any atom is -0.466 e. The molecule has 76 valence electrons. The fraction of sp³-hybridized carbons (Fsp3) is 0.889. The van der Waals surface area contributed by atoms with Crippen LogP contribution in [0.25, 0.3) is 0 Å². The Balaban J connectivity index is 2.40. The molecule has 1 fully saturated rings. The van der Waals surface area contributed by atoms with Gasteiger partial charge in [0, 0.05) is 0 Å². The standard InChI is InChI=1S/C9H15FO3/c1-2-13-9(12)6-3-4-7(10)8(11)5-6/h6-8,11H,2-5H2,1H3/t6-,7-,8-/m0/s1. The van der Waals surface area contributed by atoms with E-state index in [2.05, 4.69) is 0 Å². The van der Waals surface area contributed by atoms with Crippen molar-refractivity contribution in [2.45, 2.75) is 38.5 Å². The van der Waals surface area contributed by atoms with Crippen molar-refractivity contribution >= 4 is 5.97 Å². The van der Waals surface area contributed by atoms with Crippen LogP contribution in [0.4, 0.5) is 4.39 Å². The molecule has 4 heteroatoms. The van der Waals surface area contributed by atoms with Gasteiger partial charge in [-0.25, -0.2) is 4.39 Å². The van der Waals surface area contributed by atoms with E-state index < -0.39 is 12.3 Å². The van der Waals surface area contributed by atoms with Crippen molar-refractivity contribution in [3.05, 3.63) is 0 Å². The van der Waals surface area contributed by atoms with Crippen LogP contribution in [0.5, 0.6) is 0 Å². The second-order valence-corrected chi connectivity index (χ2v) is 3.35. The lowest BCUT2D eigenvalue weighted by Gasteiger charge is -2.26. The normalized spacial score (nSPS) is 34.2. The summed E-state index contributed by atoms with van der Waals surface area (Å²) in [7, 11) is 0. The average molecular weight is 190 g/mol. The number of aliphatic hydroxyl groups excluding tert-OH is 1. The highest BCUT2D eigenvalue weighted by Crippen LogP contribution is 2.27. The van der Waals surface area contributed by atoms with Crippen LogP contribution < -0.4 is 0 Å². The molecular weight excluding hydrogens is 175 g/mol. The van der Waals surface area contributed by atoms with Crippen molar-refractivity contribution in [2.75, 3.05) is 6.61 Å². The van der Waals surface area contributed by atoms with E-state index in [-0.39, 0.29) is 24.7 Å². The fourth-order valence-corrected chi connectivity index (χ4v) is 1.58. The van der Waals surface area contributed by atoms with Crippen LogP contribution in [0.15, 0.2) is 0 Å². The summed E-state index contributed by atoms with van der Waals surface area (Å²) in [5, 5.41) is 9.18. The smallest absolute Gasteiger partial charge is 0.309 e. The number of ether oxygens (including phenoxy) is 1. The number of aliphatic hydroxyl groups is 1. The van der Waals surface area contributed by atoms with Crippen LogP contribution in [-0.2, 0) is 9.53 Å². The molecule has 13 heavy (non-hydrogen) atoms. The molecule has 0 aromatic carbocycles. The van der Waals surface area contributed by atoms with E-state index in [1.165, 1.54) is 0 Å². The summed E-state index contributed by atoms with van der Waals surface area (Å²) >= 11 is 0. The van der Waals surface area contributed by atoms with E-state index >= 15 is 0 Å². The predicted molar refractivity (Wildman–Crippen MR) is 44.9 cm³/mol. The summed E-state index contributed by atoms with van der Waals surface area (Å²) in [6, 6.07) is 0. The number of carbonyl (C=O) groups excluding carboxylic acids is 1. The van der Waals surface area contributed by atoms with E-state index in [1.54, 1.807) is 6.92 Å². The molecule has 0 saturated heterocycles. The summed E-state index contributed by atoms with van der Waals surface area (Å²) in [4.78, 5) is 11.2. The molecule has 1 aliphatic carbocycles. The highest BCUT2D eigenvalue weighted by atomic mass is 19.1. The van der Waals surface area contributed by atoms with Crippen molar-refractivity contribution in [3.8, 4) is 0 Å². The summed E-state index contributed by atoms with van der Waals surface area (Å²) in [5.74, 6) is -0.629. The molecule has 3 nitrogen and oxygen atoms in total. The first-order chi connectivity index (χ1) is 6.15. The molecule has 0 aromatic rings. The van der Waals surface area contributed by atoms with Crippen molar-refractivity contribution in [2.24, 2.45) is 5.92 Å². The molecule has 0 heterocycles. The highest BCUT2D eigenvalue weighted by molar-refractivity contribution is 5.72. The monoisotopic (exact) mass is 190 g/mol. The van der Waals surface area contributed by atoms with E-state index in [4.69, 9.17) is 4.74 Å². The first-order valence-electron chi connectivity index (χ1n) is 4.64. The number of alkyl halides is 1. The second kappa shape index (κ2) is 4.56. The third kappa shape index (κ3) is 2.66. The Bertz CT molecular complexity index is 184. The van der Waals surface area contributed by atoms with Gasteiger partial charge in [0.25, 0.3) is 0 Å². The molecule has 0 aromatic heterocycles. The maximum Gasteiger partial charge on any atom is 0.309 e. The van der Waals surface area contributed by atoms with Crippen LogP contribution in [0.2, 0.25) is 0 Å². The van der Waals surface area contributed by atoms with Gasteiger partial charge >= 0.3 is 5.97 Å². The van der Waals surface area contributed by atoms with E-state index in [1.807, 2.05) is 0 Å². The maximum absolute atomic E-state index is 12.8. The van der Waals surface area contributed by atoms with Gasteiger partial charge in [-0.1, -0.05) is 0 Å². The largest absolute Gasteiger partial charge is 0.466 e. The highest BCUT2D eigenvalue weighted by Gasteiger charge is 2.33. The van der Waals surface area contributed by atoms with Gasteiger partial charge in [0.15, 0.2) is 0 Å². The molecule has 0 radical (unpaired) electrons. The Kier molecular flexibility index (Phi) is 3.66. The minimum atomic E-state index is -1.18. The summed E-state index contributed by atoms with van der Waals surface area (Å²) in [5.41, 5.74) is 0. The van der Waals surface area contributed by atoms with Crippen molar-refractivity contribution < 1.29 is 19.0 Å². The Morgan fingerprint density at radius 2 is 2.31 bits per heavy atom. The van der Waals surface area contributed by atoms with Gasteiger partial charge in [0.2, 0.25) is 0 Å². The van der Waals surface area contributed by atoms with Gasteiger partial charge in [-0.3, -0.25) is 4.79 Å². The Hall–Kier alpha value is -0.640. The maximum atomic E-state index is 12.8. The van der Waals surface area contributed by atoms with Gasteiger partial charge in [0.1, 0.15) is 6.17 Å². The molecule has 1 rings (SSSR count). The lowest BCUT2D eigenvalue weighted by atomic mass is 9.86. The van der Waals surface area contributed by atoms with Gasteiger partial charge < -0.3 is 9.84 Å². The molecule has 0 spiro atoms. The molecular formula is C9H15FO3. The minimum absolute atomic E-state index is 0.194. The first kappa shape index (κ1) is 10.4. The fourth-order valence-electron chi connectivity index (χ4n) is 1.58. The second-order valence-electron chi connectivity index (χ2n) is 3.35. The van der Waals surface area contributed by atoms with Crippen LogP contribution in [0.1, 0.15) is 26.2 Å². The SMILES string of the molecule is CCOC(=O)[C@H]1CC[C@H](F)[C@@H](O)C1. The summed E-state index contributed by atoms with van der Waals surface area (Å²) < 4.78 is 17.6. The molecule has 3 atom stereocenters. The van der Waals surface area contributed by atoms with Crippen molar-refractivity contribution in [1.82, 2.24) is 0 Å². The Morgan fingerprint density at radius 1 is 1.62 bits per heavy atom. The van der Waals surface area contributed by atoms with Gasteiger partial charge in [0.05, 0.1) is 18.6 Å². The zero-order chi connectivity index (χ0) is 9.84. The number of carbonyl (C=O) groups is 1. The third-order valence-electron chi connectivity index (χ3n) is 2.35. The molecule has 1 N–H and O–H groups in total. The number of halogens is 1. The molecule has 0 bridgehead atoms. The van der Waals surface area contributed by atoms with Crippen molar-refractivity contribution in [3.63, 3.8) is 0 Å². The zero-order valence-corrected chi connectivity index (χ0v) is 7.70. The van der Waals surface area contributed by atoms with Crippen LogP contribution in [0.3, 0.4) is 0 Å². The molecule has 1 aliphatic rings. The summed E-state index contributed by atoms with van der Waals surface area (Å²) in [6.07, 6.45) is -1.24. The number of hydrogen-bond acceptors (Lipinski definition) is 3.